The van der Waals surface area contributed by atoms with Crippen LogP contribution < -0.4 is 4.90 Å². The molecule has 3 aromatic rings. The van der Waals surface area contributed by atoms with Gasteiger partial charge in [-0.15, -0.1) is 11.3 Å². The second-order valence-corrected chi connectivity index (χ2v) is 12.3. The zero-order chi connectivity index (χ0) is 22.1. The maximum atomic E-state index is 13.7. The number of piperidine rings is 1. The number of hydrogen-bond acceptors (Lipinski definition) is 7. The molecule has 2 saturated heterocycles. The molecule has 2 fully saturated rings. The van der Waals surface area contributed by atoms with Gasteiger partial charge < -0.3 is 4.74 Å². The zero-order valence-electron chi connectivity index (χ0n) is 17.6. The second kappa shape index (κ2) is 9.18. The smallest absolute Gasteiger partial charge is 0.252 e. The Bertz CT molecular complexity index is 1150. The molecule has 0 aliphatic carbocycles. The van der Waals surface area contributed by atoms with Crippen LogP contribution in [0.2, 0.25) is 0 Å². The number of thiazole rings is 1. The van der Waals surface area contributed by atoms with Crippen molar-refractivity contribution in [3.8, 4) is 0 Å². The standard InChI is InChI=1S/C22H25N3O4S3/c26-21(16-6-3-11-24(14-16)32(27,28)20-10-5-13-30-20)25(15-17-7-4-12-29-17)22-23-18-8-1-2-9-19(18)31-22/h1-2,5,8-10,13,16-17H,3-4,6-7,11-12,14-15H2. The van der Waals surface area contributed by atoms with Crippen LogP contribution in [-0.2, 0) is 19.6 Å². The molecule has 5 rings (SSSR count). The molecule has 1 aromatic carbocycles. The van der Waals surface area contributed by atoms with Gasteiger partial charge in [0.05, 0.1) is 28.8 Å². The molecule has 4 heterocycles. The van der Waals surface area contributed by atoms with Crippen LogP contribution in [0.3, 0.4) is 0 Å². The number of para-hydroxylation sites is 1. The summed E-state index contributed by atoms with van der Waals surface area (Å²) in [5.41, 5.74) is 0.864. The fraction of sp³-hybridized carbons (Fsp3) is 0.455. The first-order chi connectivity index (χ1) is 15.5. The number of fused-ring (bicyclic) bond motifs is 1. The molecular formula is C22H25N3O4S3. The number of sulfonamides is 1. The lowest BCUT2D eigenvalue weighted by molar-refractivity contribution is -0.123. The summed E-state index contributed by atoms with van der Waals surface area (Å²) < 4.78 is 34.7. The van der Waals surface area contributed by atoms with Crippen LogP contribution in [0.15, 0.2) is 46.0 Å². The molecule has 0 bridgehead atoms. The van der Waals surface area contributed by atoms with Gasteiger partial charge in [0.15, 0.2) is 5.13 Å². The minimum Gasteiger partial charge on any atom is -0.376 e. The predicted octanol–water partition coefficient (Wildman–Crippen LogP) is 3.97. The Balaban J connectivity index is 1.41. The molecule has 2 aliphatic rings. The molecule has 170 valence electrons. The highest BCUT2D eigenvalue weighted by Crippen LogP contribution is 2.33. The van der Waals surface area contributed by atoms with Crippen LogP contribution in [0.4, 0.5) is 5.13 Å². The SMILES string of the molecule is O=C(C1CCCN(S(=O)(=O)c2cccs2)C1)N(CC1CCCO1)c1nc2ccccc2s1. The minimum absolute atomic E-state index is 0.0134. The molecule has 2 unspecified atom stereocenters. The van der Waals surface area contributed by atoms with Crippen LogP contribution in [-0.4, -0.2) is 56.0 Å². The van der Waals surface area contributed by atoms with Crippen molar-refractivity contribution in [2.45, 2.75) is 36.0 Å². The van der Waals surface area contributed by atoms with Gasteiger partial charge >= 0.3 is 0 Å². The largest absolute Gasteiger partial charge is 0.376 e. The van der Waals surface area contributed by atoms with E-state index in [0.29, 0.717) is 41.9 Å². The van der Waals surface area contributed by atoms with Gasteiger partial charge in [0.25, 0.3) is 10.0 Å². The summed E-state index contributed by atoms with van der Waals surface area (Å²) in [5.74, 6) is -0.461. The quantitative estimate of drug-likeness (QED) is 0.521. The van der Waals surface area contributed by atoms with Crippen LogP contribution in [0.25, 0.3) is 10.2 Å². The number of rotatable bonds is 6. The molecule has 0 spiro atoms. The van der Waals surface area contributed by atoms with Crippen LogP contribution in [0, 0.1) is 5.92 Å². The normalized spacial score (nSPS) is 22.4. The fourth-order valence-electron chi connectivity index (χ4n) is 4.35. The van der Waals surface area contributed by atoms with E-state index in [0.717, 1.165) is 23.1 Å². The molecule has 32 heavy (non-hydrogen) atoms. The monoisotopic (exact) mass is 491 g/mol. The fourth-order valence-corrected chi connectivity index (χ4v) is 8.00. The Labute approximate surface area is 195 Å². The van der Waals surface area contributed by atoms with Crippen LogP contribution >= 0.6 is 22.7 Å². The number of carbonyl (C=O) groups excluding carboxylic acids is 1. The van der Waals surface area contributed by atoms with E-state index in [-0.39, 0.29) is 18.6 Å². The lowest BCUT2D eigenvalue weighted by atomic mass is 9.98. The lowest BCUT2D eigenvalue weighted by Gasteiger charge is -2.34. The average molecular weight is 492 g/mol. The number of aromatic nitrogens is 1. The molecule has 0 radical (unpaired) electrons. The van der Waals surface area contributed by atoms with Gasteiger partial charge in [-0.2, -0.15) is 4.31 Å². The van der Waals surface area contributed by atoms with Crippen LogP contribution in [0.5, 0.6) is 0 Å². The van der Waals surface area contributed by atoms with E-state index < -0.39 is 15.9 Å². The number of hydrogen-bond donors (Lipinski definition) is 0. The third-order valence-corrected chi connectivity index (χ3v) is 10.3. The summed E-state index contributed by atoms with van der Waals surface area (Å²) in [7, 11) is -3.57. The summed E-state index contributed by atoms with van der Waals surface area (Å²) in [5, 5.41) is 2.42. The van der Waals surface area contributed by atoms with Gasteiger partial charge in [0, 0.05) is 19.7 Å². The third kappa shape index (κ3) is 4.34. The summed E-state index contributed by atoms with van der Waals surface area (Å²) in [6, 6.07) is 11.2. The first kappa shape index (κ1) is 22.0. The molecule has 2 aromatic heterocycles. The lowest BCUT2D eigenvalue weighted by Crippen LogP contribution is -2.48. The van der Waals surface area contributed by atoms with E-state index in [1.54, 1.807) is 22.4 Å². The minimum atomic E-state index is -3.57. The molecule has 2 atom stereocenters. The Kier molecular flexibility index (Phi) is 6.31. The molecule has 1 amide bonds. The van der Waals surface area contributed by atoms with Gasteiger partial charge in [0.2, 0.25) is 5.91 Å². The molecular weight excluding hydrogens is 466 g/mol. The Hall–Kier alpha value is -1.85. The molecule has 2 aliphatic heterocycles. The van der Waals surface area contributed by atoms with Gasteiger partial charge in [-0.3, -0.25) is 9.69 Å². The summed E-state index contributed by atoms with van der Waals surface area (Å²) in [4.78, 5) is 20.2. The predicted molar refractivity (Wildman–Crippen MR) is 127 cm³/mol. The molecule has 10 heteroatoms. The van der Waals surface area contributed by atoms with E-state index in [2.05, 4.69) is 0 Å². The first-order valence-electron chi connectivity index (χ1n) is 10.8. The highest BCUT2D eigenvalue weighted by molar-refractivity contribution is 7.91. The maximum Gasteiger partial charge on any atom is 0.252 e. The zero-order valence-corrected chi connectivity index (χ0v) is 20.0. The van der Waals surface area contributed by atoms with E-state index in [9.17, 15) is 13.2 Å². The number of anilines is 1. The molecule has 7 nitrogen and oxygen atoms in total. The third-order valence-electron chi connectivity index (χ3n) is 6.01. The van der Waals surface area contributed by atoms with E-state index >= 15 is 0 Å². The second-order valence-electron chi connectivity index (χ2n) is 8.18. The number of ether oxygens (including phenoxy) is 1. The number of nitrogens with zero attached hydrogens (tertiary/aromatic N) is 3. The van der Waals surface area contributed by atoms with Crippen LogP contribution in [0.1, 0.15) is 25.7 Å². The summed E-state index contributed by atoms with van der Waals surface area (Å²) in [6.07, 6.45) is 3.22. The first-order valence-corrected chi connectivity index (χ1v) is 14.0. The van der Waals surface area contributed by atoms with Crippen molar-refractivity contribution in [2.24, 2.45) is 5.92 Å². The topological polar surface area (TPSA) is 79.8 Å². The Morgan fingerprint density at radius 1 is 1.19 bits per heavy atom. The van der Waals surface area contributed by atoms with E-state index in [1.807, 2.05) is 24.3 Å². The Morgan fingerprint density at radius 3 is 2.81 bits per heavy atom. The van der Waals surface area contributed by atoms with Crippen molar-refractivity contribution in [1.82, 2.24) is 9.29 Å². The van der Waals surface area contributed by atoms with Crippen molar-refractivity contribution in [1.29, 1.82) is 0 Å². The molecule has 0 saturated carbocycles. The average Bonchev–Trinajstić information content (AvgIpc) is 3.58. The number of thiophene rings is 1. The van der Waals surface area contributed by atoms with Crippen molar-refractivity contribution in [3.05, 3.63) is 41.8 Å². The van der Waals surface area contributed by atoms with E-state index in [4.69, 9.17) is 9.72 Å². The van der Waals surface area contributed by atoms with Gasteiger partial charge in [-0.25, -0.2) is 13.4 Å². The summed E-state index contributed by atoms with van der Waals surface area (Å²) in [6.45, 7) is 1.80. The van der Waals surface area contributed by atoms with Crippen molar-refractivity contribution >= 4 is 54.0 Å². The Morgan fingerprint density at radius 2 is 2.06 bits per heavy atom. The van der Waals surface area contributed by atoms with E-state index in [1.165, 1.54) is 27.0 Å². The highest BCUT2D eigenvalue weighted by atomic mass is 32.2. The molecule has 0 N–H and O–H groups in total. The summed E-state index contributed by atoms with van der Waals surface area (Å²) >= 11 is 2.70. The van der Waals surface area contributed by atoms with Gasteiger partial charge in [-0.05, 0) is 49.3 Å². The van der Waals surface area contributed by atoms with Crippen molar-refractivity contribution in [2.75, 3.05) is 31.1 Å². The van der Waals surface area contributed by atoms with Gasteiger partial charge in [0.1, 0.15) is 4.21 Å². The van der Waals surface area contributed by atoms with Gasteiger partial charge in [-0.1, -0.05) is 29.5 Å². The van der Waals surface area contributed by atoms with Crippen molar-refractivity contribution in [3.63, 3.8) is 0 Å². The number of amides is 1. The number of carbonyl (C=O) groups is 1. The van der Waals surface area contributed by atoms with Crippen molar-refractivity contribution < 1.29 is 17.9 Å². The number of benzene rings is 1. The highest BCUT2D eigenvalue weighted by Gasteiger charge is 2.37. The maximum absolute atomic E-state index is 13.7.